The number of quaternary nitrogens is 1. The molecule has 0 fully saturated rings. The van der Waals surface area contributed by atoms with E-state index in [4.69, 9.17) is 0 Å². The van der Waals surface area contributed by atoms with Crippen molar-refractivity contribution >= 4 is 0 Å². The first-order valence-corrected chi connectivity index (χ1v) is 6.33. The van der Waals surface area contributed by atoms with E-state index in [9.17, 15) is 0 Å². The summed E-state index contributed by atoms with van der Waals surface area (Å²) in [6, 6.07) is 0. The average Bonchev–Trinajstić information content (AvgIpc) is 2.95. The molecule has 0 saturated carbocycles. The zero-order valence-corrected chi connectivity index (χ0v) is 10.7. The van der Waals surface area contributed by atoms with Gasteiger partial charge in [-0.2, -0.15) is 0 Å². The van der Waals surface area contributed by atoms with E-state index in [1.54, 1.807) is 0 Å². The fourth-order valence-corrected chi connectivity index (χ4v) is 2.37. The molecule has 2 aliphatic rings. The van der Waals surface area contributed by atoms with Gasteiger partial charge in [-0.3, -0.25) is 0 Å². The molecule has 0 spiro atoms. The fraction of sp³-hybridized carbons (Fsp3) is 0.818. The molecular weight excluding hydrogens is 216 g/mol. The molecule has 0 aromatic heterocycles. The van der Waals surface area contributed by atoms with Gasteiger partial charge in [0.25, 0.3) is 0 Å². The third-order valence-electron chi connectivity index (χ3n) is 3.34. The maximum atomic E-state index is 4.11. The van der Waals surface area contributed by atoms with Crippen LogP contribution in [0.1, 0.15) is 32.6 Å². The lowest BCUT2D eigenvalue weighted by Gasteiger charge is -2.32. The molecule has 2 rings (SSSR count). The van der Waals surface area contributed by atoms with E-state index >= 15 is 0 Å². The minimum absolute atomic E-state index is 0.169. The second-order valence-corrected chi connectivity index (χ2v) is 4.84. The van der Waals surface area contributed by atoms with Crippen LogP contribution in [-0.2, 0) is 0 Å². The summed E-state index contributed by atoms with van der Waals surface area (Å²) in [5.41, 5.74) is 0. The van der Waals surface area contributed by atoms with Gasteiger partial charge in [-0.25, -0.2) is 4.48 Å². The highest BCUT2D eigenvalue weighted by atomic mass is 15.7. The molecule has 2 heterocycles. The van der Waals surface area contributed by atoms with Crippen LogP contribution in [0.4, 0.5) is 0 Å². The number of hydrogen-bond donors (Lipinski definition) is 0. The smallest absolute Gasteiger partial charge is 0.326 e. The Labute approximate surface area is 102 Å². The summed E-state index contributed by atoms with van der Waals surface area (Å²) >= 11 is 0. The van der Waals surface area contributed by atoms with E-state index in [0.717, 1.165) is 17.7 Å². The lowest BCUT2D eigenvalue weighted by molar-refractivity contribution is -0.904. The van der Waals surface area contributed by atoms with Crippen LogP contribution in [0.25, 0.3) is 0 Å². The van der Waals surface area contributed by atoms with Crippen LogP contribution in [0.15, 0.2) is 33.1 Å². The van der Waals surface area contributed by atoms with Crippen molar-refractivity contribution in [2.24, 2.45) is 20.7 Å². The molecule has 0 aromatic carbocycles. The molecule has 6 nitrogen and oxygen atoms in total. The van der Waals surface area contributed by atoms with Crippen molar-refractivity contribution in [2.75, 3.05) is 20.3 Å². The zero-order valence-electron chi connectivity index (χ0n) is 10.7. The predicted molar refractivity (Wildman–Crippen MR) is 64.5 cm³/mol. The molecule has 0 aliphatic carbocycles. The maximum Gasteiger partial charge on any atom is 0.326 e. The van der Waals surface area contributed by atoms with E-state index in [0.29, 0.717) is 0 Å². The maximum absolute atomic E-state index is 4.11. The minimum Gasteiger partial charge on any atom is -0.329 e. The van der Waals surface area contributed by atoms with Gasteiger partial charge >= 0.3 is 6.29 Å². The van der Waals surface area contributed by atoms with Crippen molar-refractivity contribution < 1.29 is 4.48 Å². The number of rotatable bonds is 6. The van der Waals surface area contributed by atoms with Crippen molar-refractivity contribution in [1.82, 2.24) is 4.90 Å². The SMILES string of the molecule is CCCCCC[N+]1(C2N=NN=N2)C=CN(C)C1. The predicted octanol–water partition coefficient (Wildman–Crippen LogP) is 2.87. The van der Waals surface area contributed by atoms with E-state index in [1.165, 1.54) is 25.7 Å². The van der Waals surface area contributed by atoms with Crippen LogP contribution in [0.2, 0.25) is 0 Å². The molecule has 0 N–H and O–H groups in total. The van der Waals surface area contributed by atoms with Crippen LogP contribution >= 0.6 is 0 Å². The second-order valence-electron chi connectivity index (χ2n) is 4.84. The third kappa shape index (κ3) is 2.69. The van der Waals surface area contributed by atoms with Crippen LogP contribution < -0.4 is 0 Å². The van der Waals surface area contributed by atoms with E-state index in [2.05, 4.69) is 51.9 Å². The first-order chi connectivity index (χ1) is 8.27. The average molecular weight is 237 g/mol. The molecule has 0 radical (unpaired) electrons. The Bertz CT molecular complexity index is 325. The molecule has 1 unspecified atom stereocenters. The van der Waals surface area contributed by atoms with Crippen LogP contribution in [0.5, 0.6) is 0 Å². The van der Waals surface area contributed by atoms with Crippen molar-refractivity contribution in [2.45, 2.75) is 38.9 Å². The molecule has 0 bridgehead atoms. The van der Waals surface area contributed by atoms with Gasteiger partial charge in [-0.1, -0.05) is 30.0 Å². The van der Waals surface area contributed by atoms with Crippen molar-refractivity contribution in [1.29, 1.82) is 0 Å². The summed E-state index contributed by atoms with van der Waals surface area (Å²) in [7, 11) is 2.08. The number of nitrogens with zero attached hydrogens (tertiary/aromatic N) is 6. The lowest BCUT2D eigenvalue weighted by Crippen LogP contribution is -2.50. The first kappa shape index (κ1) is 12.2. The Morgan fingerprint density at radius 3 is 2.59 bits per heavy atom. The molecule has 0 aromatic rings. The third-order valence-corrected chi connectivity index (χ3v) is 3.34. The molecule has 6 heteroatoms. The Hall–Kier alpha value is -1.30. The normalized spacial score (nSPS) is 27.5. The Morgan fingerprint density at radius 1 is 1.24 bits per heavy atom. The first-order valence-electron chi connectivity index (χ1n) is 6.33. The van der Waals surface area contributed by atoms with Gasteiger partial charge in [-0.05, 0) is 23.3 Å². The van der Waals surface area contributed by atoms with Gasteiger partial charge in [-0.15, -0.1) is 0 Å². The van der Waals surface area contributed by atoms with Crippen molar-refractivity contribution in [3.63, 3.8) is 0 Å². The molecule has 1 atom stereocenters. The molecular formula is C11H21N6+. The summed E-state index contributed by atoms with van der Waals surface area (Å²) in [6.45, 7) is 4.20. The van der Waals surface area contributed by atoms with E-state index in [1.807, 2.05) is 0 Å². The summed E-state index contributed by atoms with van der Waals surface area (Å²) in [4.78, 5) is 2.17. The molecule has 2 aliphatic heterocycles. The monoisotopic (exact) mass is 237 g/mol. The molecule has 94 valence electrons. The molecule has 0 amide bonds. The number of unbranched alkanes of at least 4 members (excludes halogenated alkanes) is 3. The highest BCUT2D eigenvalue weighted by Gasteiger charge is 2.40. The second kappa shape index (κ2) is 5.35. The van der Waals surface area contributed by atoms with Crippen LogP contribution in [0, 0.1) is 0 Å². The Morgan fingerprint density at radius 2 is 2.00 bits per heavy atom. The Kier molecular flexibility index (Phi) is 3.83. The lowest BCUT2D eigenvalue weighted by atomic mass is 10.2. The fourth-order valence-electron chi connectivity index (χ4n) is 2.37. The summed E-state index contributed by atoms with van der Waals surface area (Å²) in [6.07, 6.45) is 9.15. The quantitative estimate of drug-likeness (QED) is 0.517. The standard InChI is InChI=1S/C11H21N6/c1-3-4-5-6-8-17(9-7-16(2)10-17)11-12-14-15-13-11/h7,9,11H,3-6,8,10H2,1-2H3/q+1. The highest BCUT2D eigenvalue weighted by molar-refractivity contribution is 4.81. The van der Waals surface area contributed by atoms with Gasteiger partial charge in [0, 0.05) is 7.05 Å². The van der Waals surface area contributed by atoms with Gasteiger partial charge in [0.05, 0.1) is 12.7 Å². The van der Waals surface area contributed by atoms with Crippen molar-refractivity contribution in [3.8, 4) is 0 Å². The largest absolute Gasteiger partial charge is 0.329 e. The van der Waals surface area contributed by atoms with Crippen molar-refractivity contribution in [3.05, 3.63) is 12.4 Å². The molecule has 17 heavy (non-hydrogen) atoms. The highest BCUT2D eigenvalue weighted by Crippen LogP contribution is 2.27. The van der Waals surface area contributed by atoms with Crippen LogP contribution in [-0.4, -0.2) is 35.9 Å². The summed E-state index contributed by atoms with van der Waals surface area (Å²) in [5, 5.41) is 15.5. The minimum atomic E-state index is -0.169. The van der Waals surface area contributed by atoms with Gasteiger partial charge < -0.3 is 4.90 Å². The Balaban J connectivity index is 1.96. The van der Waals surface area contributed by atoms with Gasteiger partial charge in [0.2, 0.25) is 0 Å². The van der Waals surface area contributed by atoms with E-state index in [-0.39, 0.29) is 6.29 Å². The van der Waals surface area contributed by atoms with Gasteiger partial charge in [0.1, 0.15) is 6.20 Å². The molecule has 0 saturated heterocycles. The topological polar surface area (TPSA) is 52.7 Å². The van der Waals surface area contributed by atoms with Crippen LogP contribution in [0.3, 0.4) is 0 Å². The zero-order chi connectivity index (χ0) is 12.1. The summed E-state index contributed by atoms with van der Waals surface area (Å²) in [5.74, 6) is 0. The van der Waals surface area contributed by atoms with Gasteiger partial charge in [0.15, 0.2) is 6.67 Å². The van der Waals surface area contributed by atoms with E-state index < -0.39 is 0 Å². The summed E-state index contributed by atoms with van der Waals surface area (Å²) < 4.78 is 0.743. The number of hydrogen-bond acceptors (Lipinski definition) is 5.